The molecule has 0 radical (unpaired) electrons. The van der Waals surface area contributed by atoms with E-state index in [1.54, 1.807) is 12.2 Å². The Bertz CT molecular complexity index is 364. The smallest absolute Gasteiger partial charge is 0.312 e. The molecule has 1 aromatic rings. The number of hydrogen-bond donors (Lipinski definition) is 1. The van der Waals surface area contributed by atoms with E-state index in [1.165, 1.54) is 0 Å². The summed E-state index contributed by atoms with van der Waals surface area (Å²) in [5, 5.41) is 10.6. The van der Waals surface area contributed by atoms with Gasteiger partial charge in [0.05, 0.1) is 19.3 Å². The average molecular weight is 193 g/mol. The topological polar surface area (TPSA) is 49.8 Å². The molecular formula is C10H11NO3. The molecule has 14 heavy (non-hydrogen) atoms. The molecule has 0 spiro atoms. The van der Waals surface area contributed by atoms with Crippen LogP contribution in [0.4, 0.5) is 5.69 Å². The van der Waals surface area contributed by atoms with E-state index in [1.807, 2.05) is 24.3 Å². The largest absolute Gasteiger partial charge is 0.481 e. The molecule has 4 nitrogen and oxygen atoms in total. The Morgan fingerprint density at radius 2 is 2.29 bits per heavy atom. The monoisotopic (exact) mass is 193 g/mol. The minimum Gasteiger partial charge on any atom is -0.481 e. The normalized spacial score (nSPS) is 19.5. The quantitative estimate of drug-likeness (QED) is 0.767. The fraction of sp³-hybridized carbons (Fsp3) is 0.300. The minimum absolute atomic E-state index is 0.380. The van der Waals surface area contributed by atoms with Gasteiger partial charge in [0.25, 0.3) is 0 Å². The highest BCUT2D eigenvalue weighted by Gasteiger charge is 2.33. The molecule has 1 aliphatic rings. The average Bonchev–Trinajstić information content (AvgIpc) is 2.56. The van der Waals surface area contributed by atoms with Gasteiger partial charge < -0.3 is 5.11 Å². The summed E-state index contributed by atoms with van der Waals surface area (Å²) in [6.45, 7) is 0.380. The predicted molar refractivity (Wildman–Crippen MR) is 51.2 cm³/mol. The molecule has 2 rings (SSSR count). The molecule has 4 heteroatoms. The Morgan fingerprint density at radius 1 is 1.57 bits per heavy atom. The van der Waals surface area contributed by atoms with Crippen LogP contribution in [-0.2, 0) is 9.63 Å². The number of hydroxylamine groups is 1. The SMILES string of the molecule is CON1CC(C(=O)O)c2ccccc21. The third-order valence-corrected chi connectivity index (χ3v) is 2.45. The van der Waals surface area contributed by atoms with E-state index in [2.05, 4.69) is 0 Å². The minimum atomic E-state index is -0.808. The Hall–Kier alpha value is -1.55. The highest BCUT2D eigenvalue weighted by atomic mass is 16.7. The fourth-order valence-electron chi connectivity index (χ4n) is 1.76. The number of anilines is 1. The maximum Gasteiger partial charge on any atom is 0.312 e. The molecule has 1 heterocycles. The number of rotatable bonds is 2. The number of para-hydroxylation sites is 1. The van der Waals surface area contributed by atoms with Crippen molar-refractivity contribution in [1.29, 1.82) is 0 Å². The van der Waals surface area contributed by atoms with E-state index in [4.69, 9.17) is 9.94 Å². The van der Waals surface area contributed by atoms with Gasteiger partial charge in [-0.3, -0.25) is 14.7 Å². The van der Waals surface area contributed by atoms with Crippen LogP contribution in [0.5, 0.6) is 0 Å². The van der Waals surface area contributed by atoms with Crippen LogP contribution in [0.25, 0.3) is 0 Å². The van der Waals surface area contributed by atoms with Crippen molar-refractivity contribution in [2.75, 3.05) is 18.7 Å². The van der Waals surface area contributed by atoms with E-state index in [-0.39, 0.29) is 0 Å². The lowest BCUT2D eigenvalue weighted by atomic mass is 10.0. The lowest BCUT2D eigenvalue weighted by Gasteiger charge is -2.15. The van der Waals surface area contributed by atoms with Crippen molar-refractivity contribution >= 4 is 11.7 Å². The fourth-order valence-corrected chi connectivity index (χ4v) is 1.76. The lowest BCUT2D eigenvalue weighted by Crippen LogP contribution is -2.23. The molecule has 1 unspecified atom stereocenters. The summed E-state index contributed by atoms with van der Waals surface area (Å²) >= 11 is 0. The Kier molecular flexibility index (Phi) is 2.13. The van der Waals surface area contributed by atoms with Crippen LogP contribution < -0.4 is 5.06 Å². The van der Waals surface area contributed by atoms with Crippen molar-refractivity contribution in [3.8, 4) is 0 Å². The Labute approximate surface area is 81.7 Å². The zero-order chi connectivity index (χ0) is 10.1. The first-order valence-corrected chi connectivity index (χ1v) is 4.37. The summed E-state index contributed by atoms with van der Waals surface area (Å²) in [6, 6.07) is 7.40. The molecule has 0 fully saturated rings. The molecule has 0 saturated carbocycles. The molecule has 0 aromatic heterocycles. The maximum atomic E-state index is 10.9. The standard InChI is InChI=1S/C10H11NO3/c1-14-11-6-8(10(12)13)7-4-2-3-5-9(7)11/h2-5,8H,6H2,1H3,(H,12,13). The Morgan fingerprint density at radius 3 is 2.93 bits per heavy atom. The van der Waals surface area contributed by atoms with Crippen molar-refractivity contribution in [3.05, 3.63) is 29.8 Å². The van der Waals surface area contributed by atoms with Crippen LogP contribution >= 0.6 is 0 Å². The van der Waals surface area contributed by atoms with Gasteiger partial charge in [-0.1, -0.05) is 18.2 Å². The zero-order valence-corrected chi connectivity index (χ0v) is 7.80. The number of fused-ring (bicyclic) bond motifs is 1. The van der Waals surface area contributed by atoms with E-state index in [9.17, 15) is 4.79 Å². The molecule has 0 aliphatic carbocycles. The van der Waals surface area contributed by atoms with Gasteiger partial charge in [-0.25, -0.2) is 0 Å². The number of carboxylic acid groups (broad SMARTS) is 1. The van der Waals surface area contributed by atoms with Gasteiger partial charge in [-0.2, -0.15) is 0 Å². The summed E-state index contributed by atoms with van der Waals surface area (Å²) in [6.07, 6.45) is 0. The summed E-state index contributed by atoms with van der Waals surface area (Å²) in [5.41, 5.74) is 1.67. The lowest BCUT2D eigenvalue weighted by molar-refractivity contribution is -0.138. The summed E-state index contributed by atoms with van der Waals surface area (Å²) in [5.74, 6) is -1.29. The second-order valence-electron chi connectivity index (χ2n) is 3.19. The number of nitrogens with zero attached hydrogens (tertiary/aromatic N) is 1. The number of hydrogen-bond acceptors (Lipinski definition) is 3. The van der Waals surface area contributed by atoms with Crippen LogP contribution in [0.1, 0.15) is 11.5 Å². The van der Waals surface area contributed by atoms with Crippen LogP contribution in [0.3, 0.4) is 0 Å². The van der Waals surface area contributed by atoms with Gasteiger partial charge in [0, 0.05) is 0 Å². The molecule has 1 atom stereocenters. The molecule has 0 bridgehead atoms. The van der Waals surface area contributed by atoms with E-state index < -0.39 is 11.9 Å². The van der Waals surface area contributed by atoms with Gasteiger partial charge in [-0.05, 0) is 11.6 Å². The maximum absolute atomic E-state index is 10.9. The second-order valence-corrected chi connectivity index (χ2v) is 3.19. The van der Waals surface area contributed by atoms with Crippen molar-refractivity contribution in [2.45, 2.75) is 5.92 Å². The third kappa shape index (κ3) is 1.24. The predicted octanol–water partition coefficient (Wildman–Crippen LogP) is 1.24. The van der Waals surface area contributed by atoms with Crippen LogP contribution in [0.15, 0.2) is 24.3 Å². The van der Waals surface area contributed by atoms with Gasteiger partial charge in [0.15, 0.2) is 0 Å². The van der Waals surface area contributed by atoms with Crippen LogP contribution in [0, 0.1) is 0 Å². The summed E-state index contributed by atoms with van der Waals surface area (Å²) in [4.78, 5) is 16.0. The number of aliphatic carboxylic acids is 1. The molecule has 0 saturated heterocycles. The molecule has 1 aromatic carbocycles. The first kappa shape index (κ1) is 9.02. The summed E-state index contributed by atoms with van der Waals surface area (Å²) < 4.78 is 0. The first-order valence-electron chi connectivity index (χ1n) is 4.37. The van der Waals surface area contributed by atoms with E-state index >= 15 is 0 Å². The van der Waals surface area contributed by atoms with Crippen LogP contribution in [-0.4, -0.2) is 24.7 Å². The van der Waals surface area contributed by atoms with Gasteiger partial charge in [0.1, 0.15) is 5.92 Å². The van der Waals surface area contributed by atoms with Crippen molar-refractivity contribution in [1.82, 2.24) is 0 Å². The number of carbonyl (C=O) groups is 1. The van der Waals surface area contributed by atoms with E-state index in [0.29, 0.717) is 6.54 Å². The van der Waals surface area contributed by atoms with Crippen molar-refractivity contribution < 1.29 is 14.7 Å². The first-order chi connectivity index (χ1) is 6.74. The molecule has 1 N–H and O–H groups in total. The molecular weight excluding hydrogens is 182 g/mol. The van der Waals surface area contributed by atoms with Gasteiger partial charge in [-0.15, -0.1) is 0 Å². The summed E-state index contributed by atoms with van der Waals surface area (Å²) in [7, 11) is 1.54. The van der Waals surface area contributed by atoms with E-state index in [0.717, 1.165) is 11.3 Å². The zero-order valence-electron chi connectivity index (χ0n) is 7.80. The second kappa shape index (κ2) is 3.31. The number of benzene rings is 1. The highest BCUT2D eigenvalue weighted by Crippen LogP contribution is 2.35. The Balaban J connectivity index is 2.43. The highest BCUT2D eigenvalue weighted by molar-refractivity contribution is 5.82. The third-order valence-electron chi connectivity index (χ3n) is 2.45. The van der Waals surface area contributed by atoms with Gasteiger partial charge >= 0.3 is 5.97 Å². The van der Waals surface area contributed by atoms with Crippen molar-refractivity contribution in [2.24, 2.45) is 0 Å². The van der Waals surface area contributed by atoms with Gasteiger partial charge in [0.2, 0.25) is 0 Å². The molecule has 1 aliphatic heterocycles. The van der Waals surface area contributed by atoms with Crippen LogP contribution in [0.2, 0.25) is 0 Å². The van der Waals surface area contributed by atoms with Crippen molar-refractivity contribution in [3.63, 3.8) is 0 Å². The number of carboxylic acids is 1. The molecule has 74 valence electrons. The molecule has 0 amide bonds.